The van der Waals surface area contributed by atoms with Crippen LogP contribution in [0.2, 0.25) is 5.02 Å². The standard InChI is InChI=1S/C40H28ClN5O/c41-30-22-20-29(21-23-30)35-24-33(32-18-10-11-19-34(32)42-35)40(47)46-39(26-37(44-46)28-14-6-2-7-15-28)38-25-36(27-12-4-1-5-13-27)43-45(38)31-16-8-3-9-17-31/h1-25,39H,26H2. The van der Waals surface area contributed by atoms with E-state index in [2.05, 4.69) is 6.07 Å². The van der Waals surface area contributed by atoms with E-state index in [1.807, 2.05) is 150 Å². The first-order valence-electron chi connectivity index (χ1n) is 15.5. The summed E-state index contributed by atoms with van der Waals surface area (Å²) in [6, 6.07) is 48.9. The molecule has 1 amide bonds. The number of hydrogen-bond donors (Lipinski definition) is 0. The third kappa shape index (κ3) is 5.49. The molecule has 0 saturated heterocycles. The van der Waals surface area contributed by atoms with Gasteiger partial charge in [0.1, 0.15) is 6.04 Å². The lowest BCUT2D eigenvalue weighted by molar-refractivity contribution is 0.0708. The second-order valence-corrected chi connectivity index (χ2v) is 11.9. The third-order valence-corrected chi connectivity index (χ3v) is 8.71. The molecule has 7 aromatic rings. The van der Waals surface area contributed by atoms with Crippen LogP contribution in [0.4, 0.5) is 0 Å². The second kappa shape index (κ2) is 12.2. The maximum Gasteiger partial charge on any atom is 0.275 e. The number of para-hydroxylation sites is 2. The lowest BCUT2D eigenvalue weighted by Gasteiger charge is -2.23. The number of halogens is 1. The second-order valence-electron chi connectivity index (χ2n) is 11.4. The van der Waals surface area contributed by atoms with Gasteiger partial charge in [0.2, 0.25) is 0 Å². The molecule has 0 fully saturated rings. The molecule has 1 atom stereocenters. The van der Waals surface area contributed by atoms with Crippen LogP contribution in [-0.2, 0) is 0 Å². The number of hydrazone groups is 1. The maximum absolute atomic E-state index is 14.9. The molecule has 226 valence electrons. The lowest BCUT2D eigenvalue weighted by Crippen LogP contribution is -2.29. The fourth-order valence-electron chi connectivity index (χ4n) is 6.14. The maximum atomic E-state index is 14.9. The summed E-state index contributed by atoms with van der Waals surface area (Å²) in [5.74, 6) is -0.211. The molecule has 0 bridgehead atoms. The number of carbonyl (C=O) groups excluding carboxylic acids is 1. The van der Waals surface area contributed by atoms with Gasteiger partial charge >= 0.3 is 0 Å². The van der Waals surface area contributed by atoms with Crippen molar-refractivity contribution >= 4 is 34.1 Å². The van der Waals surface area contributed by atoms with E-state index in [-0.39, 0.29) is 5.91 Å². The van der Waals surface area contributed by atoms with Gasteiger partial charge in [-0.05, 0) is 48.0 Å². The van der Waals surface area contributed by atoms with E-state index in [9.17, 15) is 4.79 Å². The van der Waals surface area contributed by atoms with Crippen molar-refractivity contribution in [1.82, 2.24) is 19.8 Å². The molecule has 0 radical (unpaired) electrons. The predicted octanol–water partition coefficient (Wildman–Crippen LogP) is 9.40. The van der Waals surface area contributed by atoms with E-state index in [0.29, 0.717) is 22.7 Å². The highest BCUT2D eigenvalue weighted by atomic mass is 35.5. The molecular weight excluding hydrogens is 602 g/mol. The largest absolute Gasteiger partial charge is 0.275 e. The van der Waals surface area contributed by atoms with Crippen molar-refractivity contribution in [3.63, 3.8) is 0 Å². The number of nitrogens with zero attached hydrogens (tertiary/aromatic N) is 5. The first-order valence-corrected chi connectivity index (χ1v) is 15.8. The van der Waals surface area contributed by atoms with Crippen molar-refractivity contribution in [2.45, 2.75) is 12.5 Å². The summed E-state index contributed by atoms with van der Waals surface area (Å²) in [4.78, 5) is 19.8. The quantitative estimate of drug-likeness (QED) is 0.184. The number of benzene rings is 5. The van der Waals surface area contributed by atoms with Crippen molar-refractivity contribution in [3.8, 4) is 28.2 Å². The number of pyridine rings is 1. The highest BCUT2D eigenvalue weighted by molar-refractivity contribution is 6.30. The van der Waals surface area contributed by atoms with Crippen LogP contribution in [-0.4, -0.2) is 31.4 Å². The van der Waals surface area contributed by atoms with Crippen LogP contribution in [0.25, 0.3) is 39.1 Å². The van der Waals surface area contributed by atoms with Gasteiger partial charge in [0.15, 0.2) is 0 Å². The molecular formula is C40H28ClN5O. The van der Waals surface area contributed by atoms with Crippen LogP contribution < -0.4 is 0 Å². The summed E-state index contributed by atoms with van der Waals surface area (Å²) >= 11 is 6.20. The van der Waals surface area contributed by atoms with Crippen molar-refractivity contribution in [3.05, 3.63) is 174 Å². The number of carbonyl (C=O) groups is 1. The van der Waals surface area contributed by atoms with Crippen LogP contribution in [0, 0.1) is 0 Å². The minimum absolute atomic E-state index is 0.211. The zero-order chi connectivity index (χ0) is 31.7. The summed E-state index contributed by atoms with van der Waals surface area (Å²) in [6.45, 7) is 0. The number of amides is 1. The summed E-state index contributed by atoms with van der Waals surface area (Å²) in [5, 5.41) is 13.2. The normalized spacial score (nSPS) is 14.4. The first-order chi connectivity index (χ1) is 23.1. The van der Waals surface area contributed by atoms with Gasteiger partial charge in [0.25, 0.3) is 5.91 Å². The number of rotatable bonds is 6. The Bertz CT molecular complexity index is 2250. The van der Waals surface area contributed by atoms with Gasteiger partial charge in [-0.25, -0.2) is 14.7 Å². The molecule has 1 aliphatic rings. The molecule has 5 aromatic carbocycles. The van der Waals surface area contributed by atoms with E-state index < -0.39 is 6.04 Å². The van der Waals surface area contributed by atoms with Gasteiger partial charge in [-0.15, -0.1) is 0 Å². The Labute approximate surface area is 277 Å². The molecule has 8 rings (SSSR count). The predicted molar refractivity (Wildman–Crippen MR) is 188 cm³/mol. The summed E-state index contributed by atoms with van der Waals surface area (Å²) in [5.41, 5.74) is 8.22. The van der Waals surface area contributed by atoms with Crippen molar-refractivity contribution in [2.24, 2.45) is 5.10 Å². The lowest BCUT2D eigenvalue weighted by atomic mass is 9.99. The minimum atomic E-state index is -0.422. The zero-order valence-electron chi connectivity index (χ0n) is 25.2. The topological polar surface area (TPSA) is 63.4 Å². The van der Waals surface area contributed by atoms with Crippen LogP contribution in [0.3, 0.4) is 0 Å². The SMILES string of the molecule is O=C(c1cc(-c2ccc(Cl)cc2)nc2ccccc12)N1N=C(c2ccccc2)CC1c1cc(-c2ccccc2)nn1-c1ccccc1. The molecule has 7 heteroatoms. The third-order valence-electron chi connectivity index (χ3n) is 8.46. The van der Waals surface area contributed by atoms with Gasteiger partial charge in [-0.2, -0.15) is 10.2 Å². The van der Waals surface area contributed by atoms with Gasteiger partial charge < -0.3 is 0 Å². The Morgan fingerprint density at radius 1 is 0.660 bits per heavy atom. The Kier molecular flexibility index (Phi) is 7.40. The Balaban J connectivity index is 1.30. The monoisotopic (exact) mass is 629 g/mol. The number of fused-ring (bicyclic) bond motifs is 1. The van der Waals surface area contributed by atoms with E-state index in [1.54, 1.807) is 5.01 Å². The fourth-order valence-corrected chi connectivity index (χ4v) is 6.26. The average molecular weight is 630 g/mol. The Morgan fingerprint density at radius 3 is 2.00 bits per heavy atom. The van der Waals surface area contributed by atoms with Gasteiger partial charge in [0.05, 0.1) is 39.6 Å². The summed E-state index contributed by atoms with van der Waals surface area (Å²) in [7, 11) is 0. The van der Waals surface area contributed by atoms with Crippen LogP contribution in [0.5, 0.6) is 0 Å². The first kappa shape index (κ1) is 28.6. The van der Waals surface area contributed by atoms with Crippen LogP contribution in [0.15, 0.2) is 157 Å². The highest BCUT2D eigenvalue weighted by Gasteiger charge is 2.37. The summed E-state index contributed by atoms with van der Waals surface area (Å²) < 4.78 is 1.94. The fraction of sp³-hybridized carbons (Fsp3) is 0.0500. The Hall–Kier alpha value is -5.85. The molecule has 1 unspecified atom stereocenters. The van der Waals surface area contributed by atoms with E-state index in [4.69, 9.17) is 26.8 Å². The van der Waals surface area contributed by atoms with Gasteiger partial charge in [0, 0.05) is 28.0 Å². The molecule has 6 nitrogen and oxygen atoms in total. The van der Waals surface area contributed by atoms with Crippen molar-refractivity contribution < 1.29 is 4.79 Å². The molecule has 0 N–H and O–H groups in total. The molecule has 0 spiro atoms. The summed E-state index contributed by atoms with van der Waals surface area (Å²) in [6.07, 6.45) is 0.523. The molecule has 0 aliphatic carbocycles. The number of aromatic nitrogens is 3. The van der Waals surface area contributed by atoms with Gasteiger partial charge in [-0.3, -0.25) is 4.79 Å². The van der Waals surface area contributed by atoms with Crippen LogP contribution >= 0.6 is 11.6 Å². The highest BCUT2D eigenvalue weighted by Crippen LogP contribution is 2.38. The van der Waals surface area contributed by atoms with E-state index in [0.717, 1.165) is 50.4 Å². The van der Waals surface area contributed by atoms with Crippen molar-refractivity contribution in [2.75, 3.05) is 0 Å². The molecule has 0 saturated carbocycles. The molecule has 3 heterocycles. The van der Waals surface area contributed by atoms with Crippen LogP contribution in [0.1, 0.15) is 34.1 Å². The number of hydrogen-bond acceptors (Lipinski definition) is 4. The average Bonchev–Trinajstić information content (AvgIpc) is 3.78. The Morgan fingerprint density at radius 2 is 1.28 bits per heavy atom. The van der Waals surface area contributed by atoms with Gasteiger partial charge in [-0.1, -0.05) is 121 Å². The molecule has 47 heavy (non-hydrogen) atoms. The minimum Gasteiger partial charge on any atom is -0.267 e. The molecule has 1 aliphatic heterocycles. The zero-order valence-corrected chi connectivity index (χ0v) is 26.0. The van der Waals surface area contributed by atoms with E-state index >= 15 is 0 Å². The molecule has 2 aromatic heterocycles. The van der Waals surface area contributed by atoms with E-state index in [1.165, 1.54) is 0 Å². The van der Waals surface area contributed by atoms with Crippen molar-refractivity contribution in [1.29, 1.82) is 0 Å². The smallest absolute Gasteiger partial charge is 0.267 e.